The maximum Gasteiger partial charge on any atom is 0.0329 e. The second-order valence-electron chi connectivity index (χ2n) is 7.93. The summed E-state index contributed by atoms with van der Waals surface area (Å²) in [5, 5.41) is 0. The van der Waals surface area contributed by atoms with Crippen LogP contribution in [0.15, 0.2) is 24.3 Å². The van der Waals surface area contributed by atoms with Crippen molar-refractivity contribution in [2.75, 3.05) is 0 Å². The van der Waals surface area contributed by atoms with Crippen LogP contribution in [0.25, 0.3) is 0 Å². The maximum absolute atomic E-state index is 6.59. The van der Waals surface area contributed by atoms with E-state index < -0.39 is 0 Å². The molecular formula is C19H27N. The van der Waals surface area contributed by atoms with Crippen LogP contribution in [0.5, 0.6) is 0 Å². The fourth-order valence-electron chi connectivity index (χ4n) is 5.44. The van der Waals surface area contributed by atoms with Gasteiger partial charge in [0.1, 0.15) is 0 Å². The average Bonchev–Trinajstić information content (AvgIpc) is 2.86. The second-order valence-corrected chi connectivity index (χ2v) is 7.93. The minimum atomic E-state index is 0.293. The van der Waals surface area contributed by atoms with E-state index in [1.165, 1.54) is 36.8 Å². The molecule has 3 aliphatic carbocycles. The quantitative estimate of drug-likeness (QED) is 0.872. The van der Waals surface area contributed by atoms with Crippen LogP contribution in [0.3, 0.4) is 0 Å². The predicted octanol–water partition coefficient (Wildman–Crippen LogP) is 4.18. The van der Waals surface area contributed by atoms with Crippen molar-refractivity contribution in [1.29, 1.82) is 0 Å². The molecule has 1 aromatic rings. The first-order chi connectivity index (χ1) is 9.65. The van der Waals surface area contributed by atoms with Gasteiger partial charge in [-0.15, -0.1) is 0 Å². The molecule has 3 saturated carbocycles. The maximum atomic E-state index is 6.59. The zero-order valence-corrected chi connectivity index (χ0v) is 12.8. The number of fused-ring (bicyclic) bond motifs is 5. The summed E-state index contributed by atoms with van der Waals surface area (Å²) in [7, 11) is 0. The summed E-state index contributed by atoms with van der Waals surface area (Å²) in [6, 6.07) is 9.46. The summed E-state index contributed by atoms with van der Waals surface area (Å²) < 4.78 is 0. The van der Waals surface area contributed by atoms with Gasteiger partial charge >= 0.3 is 0 Å². The zero-order valence-electron chi connectivity index (χ0n) is 12.8. The molecule has 3 fully saturated rings. The molecule has 108 valence electrons. The number of nitrogens with two attached hydrogens (primary N) is 1. The van der Waals surface area contributed by atoms with Crippen LogP contribution in [0.4, 0.5) is 0 Å². The van der Waals surface area contributed by atoms with E-state index in [4.69, 9.17) is 5.73 Å². The molecule has 3 aliphatic rings. The molecule has 1 nitrogen and oxygen atoms in total. The van der Waals surface area contributed by atoms with Gasteiger partial charge in [-0.2, -0.15) is 0 Å². The van der Waals surface area contributed by atoms with Gasteiger partial charge < -0.3 is 5.73 Å². The highest BCUT2D eigenvalue weighted by Gasteiger charge is 2.66. The van der Waals surface area contributed by atoms with E-state index in [1.54, 1.807) is 0 Å². The van der Waals surface area contributed by atoms with E-state index in [2.05, 4.69) is 38.1 Å². The Morgan fingerprint density at radius 1 is 1.05 bits per heavy atom. The predicted molar refractivity (Wildman–Crippen MR) is 83.2 cm³/mol. The molecule has 0 radical (unpaired) electrons. The van der Waals surface area contributed by atoms with Crippen molar-refractivity contribution in [2.45, 2.75) is 45.6 Å². The lowest BCUT2D eigenvalue weighted by Crippen LogP contribution is -2.17. The minimum absolute atomic E-state index is 0.293. The number of rotatable bonds is 4. The molecule has 5 atom stereocenters. The third-order valence-electron chi connectivity index (χ3n) is 6.22. The van der Waals surface area contributed by atoms with Gasteiger partial charge in [0.2, 0.25) is 0 Å². The van der Waals surface area contributed by atoms with Crippen LogP contribution in [-0.4, -0.2) is 0 Å². The Hall–Kier alpha value is -0.820. The van der Waals surface area contributed by atoms with E-state index >= 15 is 0 Å². The van der Waals surface area contributed by atoms with Gasteiger partial charge in [0.15, 0.2) is 0 Å². The van der Waals surface area contributed by atoms with Crippen LogP contribution in [0, 0.1) is 35.5 Å². The van der Waals surface area contributed by atoms with Crippen LogP contribution >= 0.6 is 0 Å². The SMILES string of the molecule is CC(C)Cc1ccc(C(N)C2C3C4CCC(C4)C32)cc1. The lowest BCUT2D eigenvalue weighted by Gasteiger charge is -2.17. The number of benzene rings is 1. The monoisotopic (exact) mass is 269 g/mol. The highest BCUT2D eigenvalue weighted by Crippen LogP contribution is 2.71. The average molecular weight is 269 g/mol. The van der Waals surface area contributed by atoms with E-state index in [9.17, 15) is 0 Å². The van der Waals surface area contributed by atoms with Gasteiger partial charge in [0.25, 0.3) is 0 Å². The standard InChI is InChI=1S/C19H27N/c1-11(2)9-12-3-5-13(6-4-12)19(20)18-16-14-7-8-15(10-14)17(16)18/h3-6,11,14-19H,7-10,20H2,1-2H3. The molecular weight excluding hydrogens is 242 g/mol. The molecule has 0 heterocycles. The van der Waals surface area contributed by atoms with E-state index in [0.717, 1.165) is 35.5 Å². The molecule has 5 unspecified atom stereocenters. The first-order valence-electron chi connectivity index (χ1n) is 8.49. The van der Waals surface area contributed by atoms with Crippen molar-refractivity contribution in [3.8, 4) is 0 Å². The lowest BCUT2D eigenvalue weighted by atomic mass is 9.92. The van der Waals surface area contributed by atoms with Gasteiger partial charge in [0, 0.05) is 6.04 Å². The molecule has 20 heavy (non-hydrogen) atoms. The van der Waals surface area contributed by atoms with Crippen LogP contribution in [-0.2, 0) is 6.42 Å². The van der Waals surface area contributed by atoms with Crippen molar-refractivity contribution in [2.24, 2.45) is 41.2 Å². The van der Waals surface area contributed by atoms with Crippen LogP contribution < -0.4 is 5.73 Å². The third-order valence-corrected chi connectivity index (χ3v) is 6.22. The first kappa shape index (κ1) is 12.9. The summed E-state index contributed by atoms with van der Waals surface area (Å²) in [4.78, 5) is 0. The Morgan fingerprint density at radius 2 is 1.65 bits per heavy atom. The van der Waals surface area contributed by atoms with Crippen LogP contribution in [0.2, 0.25) is 0 Å². The molecule has 2 N–H and O–H groups in total. The van der Waals surface area contributed by atoms with Crippen molar-refractivity contribution in [3.63, 3.8) is 0 Å². The molecule has 0 aliphatic heterocycles. The Labute approximate surface area is 122 Å². The molecule has 1 aromatic carbocycles. The topological polar surface area (TPSA) is 26.0 Å². The van der Waals surface area contributed by atoms with E-state index in [-0.39, 0.29) is 0 Å². The Kier molecular flexibility index (Phi) is 2.96. The second kappa shape index (κ2) is 4.59. The molecule has 0 aromatic heterocycles. The molecule has 0 spiro atoms. The lowest BCUT2D eigenvalue weighted by molar-refractivity contribution is 0.417. The van der Waals surface area contributed by atoms with Crippen molar-refractivity contribution in [3.05, 3.63) is 35.4 Å². The summed E-state index contributed by atoms with van der Waals surface area (Å²) in [5.74, 6) is 5.56. The van der Waals surface area contributed by atoms with Crippen molar-refractivity contribution >= 4 is 0 Å². The van der Waals surface area contributed by atoms with Crippen molar-refractivity contribution in [1.82, 2.24) is 0 Å². The number of hydrogen-bond donors (Lipinski definition) is 1. The van der Waals surface area contributed by atoms with E-state index in [1.807, 2.05) is 0 Å². The summed E-state index contributed by atoms with van der Waals surface area (Å²) in [5.41, 5.74) is 9.42. The Morgan fingerprint density at radius 3 is 2.20 bits per heavy atom. The highest BCUT2D eigenvalue weighted by molar-refractivity contribution is 5.29. The fourth-order valence-corrected chi connectivity index (χ4v) is 5.44. The van der Waals surface area contributed by atoms with Crippen molar-refractivity contribution < 1.29 is 0 Å². The van der Waals surface area contributed by atoms with Gasteiger partial charge in [-0.3, -0.25) is 0 Å². The third kappa shape index (κ3) is 1.94. The largest absolute Gasteiger partial charge is 0.324 e. The number of hydrogen-bond acceptors (Lipinski definition) is 1. The zero-order chi connectivity index (χ0) is 13.9. The first-order valence-corrected chi connectivity index (χ1v) is 8.49. The van der Waals surface area contributed by atoms with Gasteiger partial charge in [0.05, 0.1) is 0 Å². The fraction of sp³-hybridized carbons (Fsp3) is 0.684. The van der Waals surface area contributed by atoms with E-state index in [0.29, 0.717) is 6.04 Å². The highest BCUT2D eigenvalue weighted by atomic mass is 14.8. The Balaban J connectivity index is 1.46. The van der Waals surface area contributed by atoms with Crippen LogP contribution in [0.1, 0.15) is 50.3 Å². The molecule has 0 saturated heterocycles. The molecule has 1 heteroatoms. The molecule has 4 rings (SSSR count). The minimum Gasteiger partial charge on any atom is -0.324 e. The smallest absolute Gasteiger partial charge is 0.0329 e. The van der Waals surface area contributed by atoms with Gasteiger partial charge in [-0.05, 0) is 72.3 Å². The summed E-state index contributed by atoms with van der Waals surface area (Å²) >= 11 is 0. The summed E-state index contributed by atoms with van der Waals surface area (Å²) in [6.07, 6.45) is 5.67. The summed E-state index contributed by atoms with van der Waals surface area (Å²) in [6.45, 7) is 4.56. The molecule has 0 amide bonds. The van der Waals surface area contributed by atoms with Gasteiger partial charge in [-0.25, -0.2) is 0 Å². The molecule has 2 bridgehead atoms. The van der Waals surface area contributed by atoms with Gasteiger partial charge in [-0.1, -0.05) is 38.1 Å². The Bertz CT molecular complexity index is 473. The normalized spacial score (nSPS) is 39.1.